The quantitative estimate of drug-likeness (QED) is 0.702. The summed E-state index contributed by atoms with van der Waals surface area (Å²) in [5, 5.41) is 11.9. The monoisotopic (exact) mass is 390 g/mol. The second-order valence-electron chi connectivity index (χ2n) is 7.52. The maximum Gasteiger partial charge on any atom is 0.255 e. The van der Waals surface area contributed by atoms with E-state index in [1.807, 2.05) is 49.4 Å². The molecule has 6 nitrogen and oxygen atoms in total. The van der Waals surface area contributed by atoms with Gasteiger partial charge >= 0.3 is 0 Å². The Kier molecular flexibility index (Phi) is 5.71. The number of nitrogens with one attached hydrogen (secondary N) is 1. The molecular formula is C23H26N4O2. The highest BCUT2D eigenvalue weighted by Crippen LogP contribution is 2.27. The van der Waals surface area contributed by atoms with Gasteiger partial charge in [-0.05, 0) is 49.1 Å². The number of aryl methyl sites for hydroxylation is 2. The zero-order valence-corrected chi connectivity index (χ0v) is 16.9. The number of aromatic nitrogens is 3. The van der Waals surface area contributed by atoms with Crippen molar-refractivity contribution in [1.29, 1.82) is 0 Å². The number of amides is 1. The van der Waals surface area contributed by atoms with Gasteiger partial charge in [0.1, 0.15) is 5.82 Å². The van der Waals surface area contributed by atoms with Gasteiger partial charge in [-0.3, -0.25) is 4.79 Å². The molecule has 1 aliphatic heterocycles. The van der Waals surface area contributed by atoms with Gasteiger partial charge in [-0.1, -0.05) is 30.7 Å². The minimum Gasteiger partial charge on any atom is -0.380 e. The van der Waals surface area contributed by atoms with Crippen LogP contribution in [0.5, 0.6) is 0 Å². The predicted molar refractivity (Wildman–Crippen MR) is 113 cm³/mol. The van der Waals surface area contributed by atoms with Crippen LogP contribution in [0, 0.1) is 6.92 Å². The summed E-state index contributed by atoms with van der Waals surface area (Å²) in [6, 6.07) is 13.6. The minimum absolute atomic E-state index is 0.136. The molecule has 0 saturated heterocycles. The number of anilines is 1. The van der Waals surface area contributed by atoms with Gasteiger partial charge in [0.2, 0.25) is 0 Å². The maximum absolute atomic E-state index is 12.8. The largest absolute Gasteiger partial charge is 0.380 e. The molecule has 0 atom stereocenters. The Bertz CT molecular complexity index is 1030. The van der Waals surface area contributed by atoms with Crippen LogP contribution in [0.1, 0.15) is 46.6 Å². The topological polar surface area (TPSA) is 69.0 Å². The number of hydrogen-bond acceptors (Lipinski definition) is 4. The van der Waals surface area contributed by atoms with Crippen LogP contribution in [0.4, 0.5) is 5.69 Å². The number of fused-ring (bicyclic) bond motifs is 1. The molecule has 0 radical (unpaired) electrons. The molecule has 29 heavy (non-hydrogen) atoms. The van der Waals surface area contributed by atoms with Gasteiger partial charge in [0.25, 0.3) is 5.91 Å². The molecule has 0 saturated carbocycles. The second kappa shape index (κ2) is 8.57. The first-order chi connectivity index (χ1) is 14.2. The van der Waals surface area contributed by atoms with Crippen molar-refractivity contribution in [3.05, 3.63) is 65.0 Å². The third-order valence-electron chi connectivity index (χ3n) is 5.35. The molecule has 1 amide bonds. The fourth-order valence-electron chi connectivity index (χ4n) is 3.76. The van der Waals surface area contributed by atoms with E-state index in [0.717, 1.165) is 59.8 Å². The van der Waals surface area contributed by atoms with Crippen molar-refractivity contribution in [2.75, 3.05) is 12.4 Å². The molecule has 2 heterocycles. The first kappa shape index (κ1) is 19.3. The van der Waals surface area contributed by atoms with Crippen molar-refractivity contribution in [3.8, 4) is 11.4 Å². The second-order valence-corrected chi connectivity index (χ2v) is 7.52. The molecular weight excluding hydrogens is 364 g/mol. The lowest BCUT2D eigenvalue weighted by atomic mass is 10.1. The summed E-state index contributed by atoms with van der Waals surface area (Å²) in [6.07, 6.45) is 4.50. The average molecular weight is 390 g/mol. The van der Waals surface area contributed by atoms with Crippen molar-refractivity contribution in [1.82, 2.24) is 14.8 Å². The van der Waals surface area contributed by atoms with Gasteiger partial charge in [-0.25, -0.2) is 0 Å². The van der Waals surface area contributed by atoms with Gasteiger partial charge in [-0.2, -0.15) is 0 Å². The smallest absolute Gasteiger partial charge is 0.255 e. The van der Waals surface area contributed by atoms with Crippen LogP contribution >= 0.6 is 0 Å². The molecule has 150 valence electrons. The van der Waals surface area contributed by atoms with Crippen molar-refractivity contribution >= 4 is 11.6 Å². The highest BCUT2D eigenvalue weighted by atomic mass is 16.5. The number of rotatable bonds is 5. The Balaban J connectivity index is 1.60. The molecule has 0 fully saturated rings. The Morgan fingerprint density at radius 3 is 2.90 bits per heavy atom. The normalized spacial score (nSPS) is 13.6. The molecule has 1 N–H and O–H groups in total. The number of nitrogens with zero attached hydrogens (tertiary/aromatic N) is 3. The number of carbonyl (C=O) groups is 1. The van der Waals surface area contributed by atoms with Gasteiger partial charge < -0.3 is 14.6 Å². The SMILES string of the molecule is COCc1cccc(C(=O)Nc2cc(-c3nnc4n3CCCCC4)ccc2C)c1. The van der Waals surface area contributed by atoms with Crippen molar-refractivity contribution in [2.45, 2.75) is 45.8 Å². The number of carbonyl (C=O) groups excluding carboxylic acids is 1. The van der Waals surface area contributed by atoms with Crippen LogP contribution in [-0.2, 0) is 24.3 Å². The van der Waals surface area contributed by atoms with Gasteiger partial charge in [0.05, 0.1) is 6.61 Å². The summed E-state index contributed by atoms with van der Waals surface area (Å²) in [5.41, 5.74) is 4.35. The fraction of sp³-hybridized carbons (Fsp3) is 0.348. The molecule has 1 aromatic heterocycles. The molecule has 3 aromatic rings. The van der Waals surface area contributed by atoms with E-state index in [9.17, 15) is 4.79 Å². The summed E-state index contributed by atoms with van der Waals surface area (Å²) >= 11 is 0. The Morgan fingerprint density at radius 2 is 2.03 bits per heavy atom. The summed E-state index contributed by atoms with van der Waals surface area (Å²) in [7, 11) is 1.65. The first-order valence-electron chi connectivity index (χ1n) is 10.1. The van der Waals surface area contributed by atoms with E-state index < -0.39 is 0 Å². The number of hydrogen-bond donors (Lipinski definition) is 1. The zero-order chi connectivity index (χ0) is 20.2. The lowest BCUT2D eigenvalue weighted by Crippen LogP contribution is -2.13. The lowest BCUT2D eigenvalue weighted by molar-refractivity contribution is 0.102. The summed E-state index contributed by atoms with van der Waals surface area (Å²) in [6.45, 7) is 3.41. The van der Waals surface area contributed by atoms with E-state index in [1.54, 1.807) is 7.11 Å². The maximum atomic E-state index is 12.8. The fourth-order valence-corrected chi connectivity index (χ4v) is 3.76. The highest BCUT2D eigenvalue weighted by Gasteiger charge is 2.17. The summed E-state index contributed by atoms with van der Waals surface area (Å²) in [5.74, 6) is 1.79. The molecule has 1 aliphatic rings. The molecule has 0 aliphatic carbocycles. The van der Waals surface area contributed by atoms with Gasteiger partial charge in [-0.15, -0.1) is 10.2 Å². The van der Waals surface area contributed by atoms with Crippen molar-refractivity contribution in [3.63, 3.8) is 0 Å². The van der Waals surface area contributed by atoms with Crippen LogP contribution < -0.4 is 5.32 Å². The molecule has 6 heteroatoms. The summed E-state index contributed by atoms with van der Waals surface area (Å²) in [4.78, 5) is 12.8. The van der Waals surface area contributed by atoms with E-state index in [-0.39, 0.29) is 5.91 Å². The minimum atomic E-state index is -0.136. The Hall–Kier alpha value is -2.99. The number of ether oxygens (including phenoxy) is 1. The predicted octanol–water partition coefficient (Wildman–Crippen LogP) is 4.38. The van der Waals surface area contributed by atoms with E-state index in [0.29, 0.717) is 12.2 Å². The van der Waals surface area contributed by atoms with Gasteiger partial charge in [0, 0.05) is 36.9 Å². The molecule has 0 bridgehead atoms. The van der Waals surface area contributed by atoms with E-state index in [1.165, 1.54) is 6.42 Å². The van der Waals surface area contributed by atoms with Crippen LogP contribution in [-0.4, -0.2) is 27.8 Å². The van der Waals surface area contributed by atoms with Crippen LogP contribution in [0.15, 0.2) is 42.5 Å². The Labute approximate surface area is 170 Å². The van der Waals surface area contributed by atoms with Crippen molar-refractivity contribution in [2.24, 2.45) is 0 Å². The molecule has 2 aromatic carbocycles. The van der Waals surface area contributed by atoms with Crippen LogP contribution in [0.25, 0.3) is 11.4 Å². The van der Waals surface area contributed by atoms with E-state index >= 15 is 0 Å². The molecule has 0 spiro atoms. The van der Waals surface area contributed by atoms with E-state index in [2.05, 4.69) is 20.1 Å². The lowest BCUT2D eigenvalue weighted by Gasteiger charge is -2.12. The molecule has 4 rings (SSSR count). The van der Waals surface area contributed by atoms with Gasteiger partial charge in [0.15, 0.2) is 5.82 Å². The van der Waals surface area contributed by atoms with E-state index in [4.69, 9.17) is 4.74 Å². The first-order valence-corrected chi connectivity index (χ1v) is 10.1. The highest BCUT2D eigenvalue weighted by molar-refractivity contribution is 6.05. The van der Waals surface area contributed by atoms with Crippen LogP contribution in [0.2, 0.25) is 0 Å². The average Bonchev–Trinajstić information content (AvgIpc) is 2.98. The Morgan fingerprint density at radius 1 is 1.14 bits per heavy atom. The number of benzene rings is 2. The third-order valence-corrected chi connectivity index (χ3v) is 5.35. The zero-order valence-electron chi connectivity index (χ0n) is 16.9. The standard InChI is InChI=1S/C23H26N4O2/c1-16-10-11-18(22-26-25-21-9-4-3-5-12-27(21)22)14-20(16)24-23(28)19-8-6-7-17(13-19)15-29-2/h6-8,10-11,13-14H,3-5,9,12,15H2,1-2H3,(H,24,28). The molecule has 0 unspecified atom stereocenters. The summed E-state index contributed by atoms with van der Waals surface area (Å²) < 4.78 is 7.38. The third kappa shape index (κ3) is 4.22. The number of methoxy groups -OCH3 is 1. The van der Waals surface area contributed by atoms with Crippen molar-refractivity contribution < 1.29 is 9.53 Å². The van der Waals surface area contributed by atoms with Crippen LogP contribution in [0.3, 0.4) is 0 Å².